The van der Waals surface area contributed by atoms with Crippen LogP contribution < -0.4 is 0 Å². The molecule has 0 aliphatic carbocycles. The molecule has 0 aromatic carbocycles. The summed E-state index contributed by atoms with van der Waals surface area (Å²) in [7, 11) is -0.713. The highest BCUT2D eigenvalue weighted by Crippen LogP contribution is 2.04. The normalized spacial score (nSPS) is 13.2. The minimum absolute atomic E-state index is 0.706. The molecule has 0 fully saturated rings. The Bertz CT molecular complexity index is 76.0. The molecule has 60 valence electrons. The first-order valence-electron chi connectivity index (χ1n) is 4.39. The van der Waals surface area contributed by atoms with Crippen molar-refractivity contribution < 1.29 is 3.48 Å². The predicted octanol–water partition coefficient (Wildman–Crippen LogP) is 2.41. The van der Waals surface area contributed by atoms with E-state index in [-0.39, 0.29) is 0 Å². The van der Waals surface area contributed by atoms with E-state index in [1.165, 1.54) is 16.6 Å². The van der Waals surface area contributed by atoms with Crippen LogP contribution in [0.15, 0.2) is 0 Å². The first kappa shape index (κ1) is 10.7. The van der Waals surface area contributed by atoms with Crippen LogP contribution in [0.1, 0.15) is 20.8 Å². The van der Waals surface area contributed by atoms with E-state index in [0.717, 1.165) is 0 Å². The van der Waals surface area contributed by atoms with Gasteiger partial charge in [-0.15, -0.1) is 0 Å². The third kappa shape index (κ3) is 4.51. The zero-order valence-corrected chi connectivity index (χ0v) is 9.99. The van der Waals surface area contributed by atoms with Gasteiger partial charge >= 0.3 is 14.5 Å². The molecule has 0 heterocycles. The van der Waals surface area contributed by atoms with E-state index in [1.807, 2.05) is 0 Å². The molecule has 0 N–H and O–H groups in total. The van der Waals surface area contributed by atoms with Crippen molar-refractivity contribution in [1.82, 2.24) is 0 Å². The SMILES string of the molecule is C[CH2][Al]([CH2]C)[O][SiH](C)CC. The quantitative estimate of drug-likeness (QED) is 0.582. The summed E-state index contributed by atoms with van der Waals surface area (Å²) < 4.78 is 5.98. The van der Waals surface area contributed by atoms with Crippen LogP contribution in [0.5, 0.6) is 0 Å². The van der Waals surface area contributed by atoms with E-state index in [1.54, 1.807) is 0 Å². The Morgan fingerprint density at radius 3 is 2.00 bits per heavy atom. The Morgan fingerprint density at radius 2 is 1.70 bits per heavy atom. The van der Waals surface area contributed by atoms with Gasteiger partial charge in [0.15, 0.2) is 0 Å². The summed E-state index contributed by atoms with van der Waals surface area (Å²) in [6.45, 7) is 9.08. The molecular weight excluding hydrogens is 155 g/mol. The fraction of sp³-hybridized carbons (Fsp3) is 1.00. The van der Waals surface area contributed by atoms with Crippen molar-refractivity contribution in [3.05, 3.63) is 0 Å². The topological polar surface area (TPSA) is 9.23 Å². The van der Waals surface area contributed by atoms with Gasteiger partial charge in [-0.1, -0.05) is 37.9 Å². The van der Waals surface area contributed by atoms with E-state index in [0.29, 0.717) is 0 Å². The van der Waals surface area contributed by atoms with Gasteiger partial charge in [0.25, 0.3) is 0 Å². The fourth-order valence-corrected chi connectivity index (χ4v) is 6.42. The van der Waals surface area contributed by atoms with Crippen molar-refractivity contribution in [2.45, 2.75) is 43.9 Å². The number of rotatable bonds is 5. The van der Waals surface area contributed by atoms with Crippen molar-refractivity contribution in [2.75, 3.05) is 0 Å². The molecule has 0 bridgehead atoms. The van der Waals surface area contributed by atoms with E-state index >= 15 is 0 Å². The van der Waals surface area contributed by atoms with Gasteiger partial charge in [-0.2, -0.15) is 0 Å². The molecule has 1 unspecified atom stereocenters. The van der Waals surface area contributed by atoms with Crippen molar-refractivity contribution in [3.8, 4) is 0 Å². The number of hydrogen-bond acceptors (Lipinski definition) is 1. The fourth-order valence-electron chi connectivity index (χ4n) is 0.906. The van der Waals surface area contributed by atoms with Gasteiger partial charge in [0, 0.05) is 0 Å². The molecule has 0 aromatic heterocycles. The van der Waals surface area contributed by atoms with Gasteiger partial charge in [-0.25, -0.2) is 0 Å². The van der Waals surface area contributed by atoms with E-state index in [4.69, 9.17) is 3.48 Å². The molecule has 0 aromatic rings. The average molecular weight is 174 g/mol. The molecule has 1 nitrogen and oxygen atoms in total. The maximum Gasteiger partial charge on any atom is 0.449 e. The molecule has 10 heavy (non-hydrogen) atoms. The van der Waals surface area contributed by atoms with Crippen molar-refractivity contribution in [1.29, 1.82) is 0 Å². The molecule has 0 amide bonds. The van der Waals surface area contributed by atoms with Crippen LogP contribution in [0.25, 0.3) is 0 Å². The lowest BCUT2D eigenvalue weighted by molar-refractivity contribution is 0.584. The Hall–Kier alpha value is 0.709. The second kappa shape index (κ2) is 6.42. The second-order valence-corrected chi connectivity index (χ2v) is 9.20. The Balaban J connectivity index is 3.41. The highest BCUT2D eigenvalue weighted by Gasteiger charge is 2.16. The van der Waals surface area contributed by atoms with Crippen LogP contribution in [0.4, 0.5) is 0 Å². The lowest BCUT2D eigenvalue weighted by Crippen LogP contribution is -2.24. The summed E-state index contributed by atoms with van der Waals surface area (Å²) in [4.78, 5) is 0. The summed E-state index contributed by atoms with van der Waals surface area (Å²) in [5.74, 6) is 0. The van der Waals surface area contributed by atoms with Crippen molar-refractivity contribution >= 4 is 23.5 Å². The highest BCUT2D eigenvalue weighted by atomic mass is 28.3. The monoisotopic (exact) mass is 174 g/mol. The molecule has 3 heteroatoms. The maximum absolute atomic E-state index is 5.98. The molecule has 1 atom stereocenters. The zero-order chi connectivity index (χ0) is 7.98. The standard InChI is InChI=1S/C3H9OSi.2C2H5.Al/c1-3-5(2)4;2*1-2;/h5H,3H2,1-2H3;2*1H2,2H3;/q-1;;;+1. The van der Waals surface area contributed by atoms with E-state index in [2.05, 4.69) is 27.3 Å². The average Bonchev–Trinajstić information content (AvgIpc) is 1.99. The third-order valence-electron chi connectivity index (χ3n) is 1.91. The first-order valence-corrected chi connectivity index (χ1v) is 8.94. The van der Waals surface area contributed by atoms with Gasteiger partial charge in [-0.3, -0.25) is 0 Å². The molecular formula is C7H19AlOSi. The molecule has 0 aliphatic rings. The summed E-state index contributed by atoms with van der Waals surface area (Å²) in [5.41, 5.74) is 0. The smallest absolute Gasteiger partial charge is 0.449 e. The molecule has 0 saturated carbocycles. The Labute approximate surface area is 71.2 Å². The summed E-state index contributed by atoms with van der Waals surface area (Å²) in [5, 5.41) is 2.63. The van der Waals surface area contributed by atoms with Gasteiger partial charge in [0.1, 0.15) is 9.04 Å². The maximum atomic E-state index is 5.98. The lowest BCUT2D eigenvalue weighted by Gasteiger charge is -2.14. The predicted molar refractivity (Wildman–Crippen MR) is 51.3 cm³/mol. The van der Waals surface area contributed by atoms with Crippen molar-refractivity contribution in [2.24, 2.45) is 0 Å². The molecule has 0 radical (unpaired) electrons. The lowest BCUT2D eigenvalue weighted by atomic mass is 10.9. The Kier molecular flexibility index (Phi) is 6.88. The third-order valence-corrected chi connectivity index (χ3v) is 8.28. The van der Waals surface area contributed by atoms with Gasteiger partial charge in [0.2, 0.25) is 0 Å². The van der Waals surface area contributed by atoms with Gasteiger partial charge in [0.05, 0.1) is 0 Å². The first-order chi connectivity index (χ1) is 4.74. The zero-order valence-electron chi connectivity index (χ0n) is 7.68. The second-order valence-electron chi connectivity index (χ2n) is 2.79. The Morgan fingerprint density at radius 1 is 1.20 bits per heavy atom. The molecule has 0 saturated heterocycles. The van der Waals surface area contributed by atoms with Crippen LogP contribution in [0.2, 0.25) is 23.2 Å². The minimum Gasteiger partial charge on any atom is -0.548 e. The summed E-state index contributed by atoms with van der Waals surface area (Å²) >= 11 is -0.706. The summed E-state index contributed by atoms with van der Waals surface area (Å²) in [6, 6.07) is 1.30. The minimum atomic E-state index is -0.713. The molecule has 0 spiro atoms. The van der Waals surface area contributed by atoms with Crippen LogP contribution >= 0.6 is 0 Å². The van der Waals surface area contributed by atoms with Gasteiger partial charge in [-0.05, 0) is 6.04 Å². The van der Waals surface area contributed by atoms with Crippen LogP contribution in [-0.4, -0.2) is 23.5 Å². The van der Waals surface area contributed by atoms with E-state index in [9.17, 15) is 0 Å². The van der Waals surface area contributed by atoms with E-state index < -0.39 is 23.5 Å². The summed E-state index contributed by atoms with van der Waals surface area (Å²) in [6.07, 6.45) is 0. The van der Waals surface area contributed by atoms with Crippen molar-refractivity contribution in [3.63, 3.8) is 0 Å². The van der Waals surface area contributed by atoms with Gasteiger partial charge < -0.3 is 3.48 Å². The highest BCUT2D eigenvalue weighted by molar-refractivity contribution is 6.65. The molecule has 0 aliphatic heterocycles. The van der Waals surface area contributed by atoms with Crippen LogP contribution in [0.3, 0.4) is 0 Å². The molecule has 0 rings (SSSR count). The van der Waals surface area contributed by atoms with Crippen LogP contribution in [-0.2, 0) is 3.48 Å². The number of hydrogen-bond donors (Lipinski definition) is 0. The van der Waals surface area contributed by atoms with Crippen LogP contribution in [0, 0.1) is 0 Å². The largest absolute Gasteiger partial charge is 0.548 e.